The highest BCUT2D eigenvalue weighted by atomic mass is 16.5. The topological polar surface area (TPSA) is 81.7 Å². The molecule has 1 amide bonds. The molecule has 1 aromatic rings. The second-order valence-corrected chi connectivity index (χ2v) is 6.97. The fraction of sp³-hybridized carbons (Fsp3) is 0.476. The van der Waals surface area contributed by atoms with Crippen LogP contribution in [0.1, 0.15) is 45.1 Å². The van der Waals surface area contributed by atoms with Crippen molar-refractivity contribution >= 4 is 17.7 Å². The summed E-state index contributed by atoms with van der Waals surface area (Å²) >= 11 is 0. The van der Waals surface area contributed by atoms with E-state index in [0.717, 1.165) is 11.3 Å². The van der Waals surface area contributed by atoms with Crippen LogP contribution in [0.15, 0.2) is 35.5 Å². The van der Waals surface area contributed by atoms with Crippen LogP contribution in [0.2, 0.25) is 0 Å². The zero-order valence-electron chi connectivity index (χ0n) is 15.9. The van der Waals surface area contributed by atoms with Gasteiger partial charge in [-0.05, 0) is 43.9 Å². The molecule has 1 heterocycles. The Hall–Kier alpha value is -2.63. The molecule has 3 atom stereocenters. The van der Waals surface area contributed by atoms with Gasteiger partial charge in [-0.25, -0.2) is 0 Å². The standard InChI is InChI=1S/C21H25NO5/c1-4-26-14-8-6-13(7-9-14)15-11-17(23)22-16-10-12(3)18(20(24)19(15)16)21(25)27-5-2/h6-9,12,15,18H,4-5,10-11H2,1-3H3,(H,22,23). The molecule has 1 aromatic carbocycles. The Labute approximate surface area is 158 Å². The normalized spacial score (nSPS) is 24.9. The van der Waals surface area contributed by atoms with Crippen molar-refractivity contribution in [3.63, 3.8) is 0 Å². The minimum absolute atomic E-state index is 0.109. The summed E-state index contributed by atoms with van der Waals surface area (Å²) in [5, 5.41) is 2.85. The quantitative estimate of drug-likeness (QED) is 0.636. The van der Waals surface area contributed by atoms with Crippen LogP contribution in [0.25, 0.3) is 0 Å². The lowest BCUT2D eigenvalue weighted by molar-refractivity contribution is -0.153. The first-order valence-electron chi connectivity index (χ1n) is 9.42. The summed E-state index contributed by atoms with van der Waals surface area (Å²) in [5.74, 6) is -1.48. The summed E-state index contributed by atoms with van der Waals surface area (Å²) in [7, 11) is 0. The van der Waals surface area contributed by atoms with Gasteiger partial charge in [0, 0.05) is 23.6 Å². The second kappa shape index (κ2) is 7.94. The van der Waals surface area contributed by atoms with Crippen molar-refractivity contribution in [2.75, 3.05) is 13.2 Å². The maximum atomic E-state index is 13.2. The molecule has 1 aliphatic heterocycles. The van der Waals surface area contributed by atoms with E-state index in [0.29, 0.717) is 24.3 Å². The summed E-state index contributed by atoms with van der Waals surface area (Å²) in [6.45, 7) is 6.28. The van der Waals surface area contributed by atoms with Crippen molar-refractivity contribution in [2.45, 2.75) is 39.5 Å². The Morgan fingerprint density at radius 1 is 1.11 bits per heavy atom. The Morgan fingerprint density at radius 3 is 2.44 bits per heavy atom. The predicted molar refractivity (Wildman–Crippen MR) is 99.0 cm³/mol. The van der Waals surface area contributed by atoms with Crippen LogP contribution in [-0.4, -0.2) is 30.9 Å². The molecular formula is C21H25NO5. The van der Waals surface area contributed by atoms with Crippen molar-refractivity contribution in [1.29, 1.82) is 0 Å². The van der Waals surface area contributed by atoms with E-state index >= 15 is 0 Å². The van der Waals surface area contributed by atoms with Gasteiger partial charge in [-0.15, -0.1) is 0 Å². The molecule has 3 unspecified atom stereocenters. The molecule has 1 N–H and O–H groups in total. The summed E-state index contributed by atoms with van der Waals surface area (Å²) in [5.41, 5.74) is 2.05. The average molecular weight is 371 g/mol. The van der Waals surface area contributed by atoms with E-state index in [-0.39, 0.29) is 36.6 Å². The zero-order valence-corrected chi connectivity index (χ0v) is 15.9. The van der Waals surface area contributed by atoms with Gasteiger partial charge in [0.1, 0.15) is 11.7 Å². The van der Waals surface area contributed by atoms with Gasteiger partial charge in [-0.1, -0.05) is 19.1 Å². The average Bonchev–Trinajstić information content (AvgIpc) is 2.62. The lowest BCUT2D eigenvalue weighted by atomic mass is 9.70. The van der Waals surface area contributed by atoms with Crippen LogP contribution >= 0.6 is 0 Å². The molecule has 1 aliphatic carbocycles. The van der Waals surface area contributed by atoms with Gasteiger partial charge in [0.05, 0.1) is 13.2 Å². The molecule has 0 bridgehead atoms. The van der Waals surface area contributed by atoms with Crippen LogP contribution in [0.5, 0.6) is 5.75 Å². The Balaban J connectivity index is 1.97. The zero-order chi connectivity index (χ0) is 19.6. The van der Waals surface area contributed by atoms with E-state index in [4.69, 9.17) is 9.47 Å². The Morgan fingerprint density at radius 2 is 1.81 bits per heavy atom. The molecule has 0 radical (unpaired) electrons. The highest BCUT2D eigenvalue weighted by Gasteiger charge is 2.45. The largest absolute Gasteiger partial charge is 0.494 e. The van der Waals surface area contributed by atoms with Gasteiger partial charge in [-0.2, -0.15) is 0 Å². The fourth-order valence-electron chi connectivity index (χ4n) is 3.95. The van der Waals surface area contributed by atoms with Gasteiger partial charge in [0.25, 0.3) is 0 Å². The molecule has 0 aromatic heterocycles. The first-order chi connectivity index (χ1) is 13.0. The maximum Gasteiger partial charge on any atom is 0.317 e. The third-order valence-electron chi connectivity index (χ3n) is 5.13. The lowest BCUT2D eigenvalue weighted by Crippen LogP contribution is -2.44. The summed E-state index contributed by atoms with van der Waals surface area (Å²) in [6.07, 6.45) is 0.659. The fourth-order valence-corrected chi connectivity index (χ4v) is 3.95. The SMILES string of the molecule is CCOC(=O)C1C(=O)C2=C(CC1C)NC(=O)CC2c1ccc(OCC)cc1. The molecule has 0 spiro atoms. The van der Waals surface area contributed by atoms with Crippen LogP contribution in [0.4, 0.5) is 0 Å². The van der Waals surface area contributed by atoms with E-state index in [2.05, 4.69) is 5.32 Å². The Bertz CT molecular complexity index is 780. The number of esters is 1. The van der Waals surface area contributed by atoms with E-state index in [1.54, 1.807) is 6.92 Å². The Kier molecular flexibility index (Phi) is 5.63. The molecule has 27 heavy (non-hydrogen) atoms. The molecule has 0 fully saturated rings. The lowest BCUT2D eigenvalue weighted by Gasteiger charge is -2.36. The van der Waals surface area contributed by atoms with Crippen molar-refractivity contribution in [3.05, 3.63) is 41.1 Å². The number of carbonyl (C=O) groups is 3. The van der Waals surface area contributed by atoms with E-state index in [9.17, 15) is 14.4 Å². The van der Waals surface area contributed by atoms with E-state index in [1.807, 2.05) is 38.1 Å². The van der Waals surface area contributed by atoms with Gasteiger partial charge >= 0.3 is 5.97 Å². The number of ether oxygens (including phenoxy) is 2. The number of rotatable bonds is 5. The van der Waals surface area contributed by atoms with E-state index in [1.165, 1.54) is 0 Å². The first kappa shape index (κ1) is 19.1. The van der Waals surface area contributed by atoms with Gasteiger partial charge in [0.2, 0.25) is 5.91 Å². The van der Waals surface area contributed by atoms with Crippen molar-refractivity contribution in [1.82, 2.24) is 5.32 Å². The minimum atomic E-state index is -0.816. The highest BCUT2D eigenvalue weighted by Crippen LogP contribution is 2.42. The molecule has 6 nitrogen and oxygen atoms in total. The number of hydrogen-bond donors (Lipinski definition) is 1. The molecule has 144 valence electrons. The van der Waals surface area contributed by atoms with Crippen molar-refractivity contribution in [2.24, 2.45) is 11.8 Å². The maximum absolute atomic E-state index is 13.2. The smallest absolute Gasteiger partial charge is 0.317 e. The minimum Gasteiger partial charge on any atom is -0.494 e. The van der Waals surface area contributed by atoms with Crippen molar-refractivity contribution in [3.8, 4) is 5.75 Å². The van der Waals surface area contributed by atoms with Gasteiger partial charge in [0.15, 0.2) is 5.78 Å². The summed E-state index contributed by atoms with van der Waals surface area (Å²) in [4.78, 5) is 37.8. The van der Waals surface area contributed by atoms with Gasteiger partial charge in [-0.3, -0.25) is 14.4 Å². The number of Topliss-reactive ketones (excluding diaryl/α,β-unsaturated/α-hetero) is 1. The van der Waals surface area contributed by atoms with Crippen LogP contribution in [-0.2, 0) is 19.1 Å². The number of ketones is 1. The number of carbonyl (C=O) groups excluding carboxylic acids is 3. The molecule has 0 saturated carbocycles. The number of amides is 1. The molecular weight excluding hydrogens is 346 g/mol. The number of nitrogens with one attached hydrogen (secondary N) is 1. The first-order valence-corrected chi connectivity index (χ1v) is 9.42. The summed E-state index contributed by atoms with van der Waals surface area (Å²) in [6, 6.07) is 7.43. The molecule has 0 saturated heterocycles. The highest BCUT2D eigenvalue weighted by molar-refractivity contribution is 6.11. The third-order valence-corrected chi connectivity index (χ3v) is 5.13. The number of hydrogen-bond acceptors (Lipinski definition) is 5. The van der Waals surface area contributed by atoms with Crippen molar-refractivity contribution < 1.29 is 23.9 Å². The van der Waals surface area contributed by atoms with E-state index < -0.39 is 11.9 Å². The van der Waals surface area contributed by atoms with Crippen LogP contribution in [0.3, 0.4) is 0 Å². The molecule has 6 heteroatoms. The molecule has 2 aliphatic rings. The third kappa shape index (κ3) is 3.75. The van der Waals surface area contributed by atoms with Crippen LogP contribution < -0.4 is 10.1 Å². The second-order valence-electron chi connectivity index (χ2n) is 6.97. The number of allylic oxidation sites excluding steroid dienone is 2. The van der Waals surface area contributed by atoms with Crippen LogP contribution in [0, 0.1) is 11.8 Å². The monoisotopic (exact) mass is 371 g/mol. The number of benzene rings is 1. The molecule has 3 rings (SSSR count). The van der Waals surface area contributed by atoms with Gasteiger partial charge < -0.3 is 14.8 Å². The predicted octanol–water partition coefficient (Wildman–Crippen LogP) is 2.73. The summed E-state index contributed by atoms with van der Waals surface area (Å²) < 4.78 is 10.6.